The number of carbonyl (C=O) groups excluding carboxylic acids is 2. The van der Waals surface area contributed by atoms with Crippen molar-refractivity contribution in [2.45, 2.75) is 45.2 Å². The van der Waals surface area contributed by atoms with Gasteiger partial charge in [0.1, 0.15) is 0 Å². The van der Waals surface area contributed by atoms with Gasteiger partial charge in [-0.1, -0.05) is 0 Å². The van der Waals surface area contributed by atoms with Crippen LogP contribution in [0, 0.1) is 5.41 Å². The van der Waals surface area contributed by atoms with E-state index in [-0.39, 0.29) is 17.2 Å². The van der Waals surface area contributed by atoms with Gasteiger partial charge in [0.25, 0.3) is 0 Å². The molecule has 0 aromatic carbocycles. The summed E-state index contributed by atoms with van der Waals surface area (Å²) in [4.78, 5) is 33.3. The normalized spacial score (nSPS) is 22.6. The summed E-state index contributed by atoms with van der Waals surface area (Å²) in [6, 6.07) is 5.79. The van der Waals surface area contributed by atoms with Crippen molar-refractivity contribution in [3.63, 3.8) is 0 Å². The molecule has 2 aliphatic rings. The summed E-state index contributed by atoms with van der Waals surface area (Å²) >= 11 is 0. The van der Waals surface area contributed by atoms with Crippen molar-refractivity contribution in [1.82, 2.24) is 24.6 Å². The highest BCUT2D eigenvalue weighted by Crippen LogP contribution is 2.39. The minimum absolute atomic E-state index is 0.0283. The molecule has 7 nitrogen and oxygen atoms in total. The number of hydrogen-bond donors (Lipinski definition) is 0. The number of nitrogens with zero attached hydrogens (tertiary/aromatic N) is 5. The molecule has 0 bridgehead atoms. The van der Waals surface area contributed by atoms with Gasteiger partial charge >= 0.3 is 0 Å². The van der Waals surface area contributed by atoms with Crippen molar-refractivity contribution in [3.05, 3.63) is 48.5 Å². The fourth-order valence-corrected chi connectivity index (χ4v) is 4.51. The largest absolute Gasteiger partial charge is 0.342 e. The van der Waals surface area contributed by atoms with E-state index in [9.17, 15) is 9.59 Å². The first-order valence-electron chi connectivity index (χ1n) is 10.1. The Morgan fingerprint density at radius 3 is 2.79 bits per heavy atom. The summed E-state index contributed by atoms with van der Waals surface area (Å²) in [5.74, 6) is 0.400. The molecular formula is C21H27N5O2. The van der Waals surface area contributed by atoms with Gasteiger partial charge in [0.2, 0.25) is 11.8 Å². The lowest BCUT2D eigenvalue weighted by molar-refractivity contribution is -0.143. The van der Waals surface area contributed by atoms with Gasteiger partial charge in [-0.3, -0.25) is 19.3 Å². The maximum absolute atomic E-state index is 12.8. The minimum atomic E-state index is 0.0283. The molecule has 2 fully saturated rings. The molecule has 2 aliphatic heterocycles. The maximum Gasteiger partial charge on any atom is 0.224 e. The molecule has 7 heteroatoms. The van der Waals surface area contributed by atoms with Crippen molar-refractivity contribution >= 4 is 11.8 Å². The van der Waals surface area contributed by atoms with Crippen LogP contribution in [0.25, 0.3) is 0 Å². The summed E-state index contributed by atoms with van der Waals surface area (Å²) in [5, 5.41) is 4.17. The molecule has 1 atom stereocenters. The Labute approximate surface area is 165 Å². The Hall–Kier alpha value is -2.70. The van der Waals surface area contributed by atoms with Crippen LogP contribution in [0.3, 0.4) is 0 Å². The predicted molar refractivity (Wildman–Crippen MR) is 104 cm³/mol. The topological polar surface area (TPSA) is 71.3 Å². The lowest BCUT2D eigenvalue weighted by atomic mass is 9.73. The van der Waals surface area contributed by atoms with Gasteiger partial charge < -0.3 is 9.80 Å². The molecule has 4 heterocycles. The second-order valence-electron chi connectivity index (χ2n) is 8.04. The lowest BCUT2D eigenvalue weighted by Crippen LogP contribution is -2.54. The van der Waals surface area contributed by atoms with E-state index in [1.54, 1.807) is 23.3 Å². The summed E-state index contributed by atoms with van der Waals surface area (Å²) in [6.07, 6.45) is 11.1. The van der Waals surface area contributed by atoms with Crippen LogP contribution >= 0.6 is 0 Å². The summed E-state index contributed by atoms with van der Waals surface area (Å²) < 4.78 is 1.80. The zero-order chi connectivity index (χ0) is 19.4. The van der Waals surface area contributed by atoms with Crippen LogP contribution in [0.1, 0.15) is 37.7 Å². The molecule has 2 saturated heterocycles. The molecule has 2 amide bonds. The van der Waals surface area contributed by atoms with E-state index < -0.39 is 0 Å². The van der Waals surface area contributed by atoms with Crippen LogP contribution in [0.5, 0.6) is 0 Å². The van der Waals surface area contributed by atoms with Crippen molar-refractivity contribution < 1.29 is 9.59 Å². The molecular weight excluding hydrogens is 354 g/mol. The fraction of sp³-hybridized carbons (Fsp3) is 0.524. The Balaban J connectivity index is 1.39. The average molecular weight is 381 g/mol. The van der Waals surface area contributed by atoms with Gasteiger partial charge in [-0.25, -0.2) is 0 Å². The third-order valence-corrected chi connectivity index (χ3v) is 6.00. The molecule has 0 N–H and O–H groups in total. The highest BCUT2D eigenvalue weighted by molar-refractivity contribution is 5.78. The number of likely N-dealkylation sites (tertiary alicyclic amines) is 2. The van der Waals surface area contributed by atoms with Crippen LogP contribution in [-0.2, 0) is 22.7 Å². The zero-order valence-electron chi connectivity index (χ0n) is 16.2. The number of aromatic nitrogens is 3. The highest BCUT2D eigenvalue weighted by Gasteiger charge is 2.42. The number of rotatable bonds is 5. The SMILES string of the molecule is O=C(CCn1cccn1)N1CCC[C@]2(CCC(=O)N(Cc3ccncc3)C2)C1. The number of pyridine rings is 1. The van der Waals surface area contributed by atoms with E-state index in [0.717, 1.165) is 44.5 Å². The third kappa shape index (κ3) is 4.24. The van der Waals surface area contributed by atoms with Gasteiger partial charge in [-0.15, -0.1) is 0 Å². The minimum Gasteiger partial charge on any atom is -0.342 e. The van der Waals surface area contributed by atoms with Crippen molar-refractivity contribution in [1.29, 1.82) is 0 Å². The van der Waals surface area contributed by atoms with E-state index in [1.807, 2.05) is 34.2 Å². The molecule has 0 aliphatic carbocycles. The second kappa shape index (κ2) is 8.12. The summed E-state index contributed by atoms with van der Waals surface area (Å²) in [7, 11) is 0. The fourth-order valence-electron chi connectivity index (χ4n) is 4.51. The lowest BCUT2D eigenvalue weighted by Gasteiger charge is -2.48. The van der Waals surface area contributed by atoms with E-state index in [0.29, 0.717) is 25.9 Å². The Bertz CT molecular complexity index is 807. The molecule has 2 aromatic heterocycles. The van der Waals surface area contributed by atoms with Crippen molar-refractivity contribution in [3.8, 4) is 0 Å². The van der Waals surface area contributed by atoms with Crippen molar-refractivity contribution in [2.24, 2.45) is 5.41 Å². The van der Waals surface area contributed by atoms with E-state index in [1.165, 1.54) is 0 Å². The van der Waals surface area contributed by atoms with Gasteiger partial charge in [0, 0.05) is 75.8 Å². The average Bonchev–Trinajstić information content (AvgIpc) is 3.24. The molecule has 2 aromatic rings. The van der Waals surface area contributed by atoms with E-state index in [2.05, 4.69) is 10.1 Å². The first-order chi connectivity index (χ1) is 13.6. The predicted octanol–water partition coefficient (Wildman–Crippen LogP) is 2.10. The second-order valence-corrected chi connectivity index (χ2v) is 8.04. The first kappa shape index (κ1) is 18.7. The van der Waals surface area contributed by atoms with Crippen LogP contribution in [0.15, 0.2) is 43.0 Å². The highest BCUT2D eigenvalue weighted by atomic mass is 16.2. The standard InChI is InChI=1S/C21H27N5O2/c27-19-3-8-21(17-25(19)15-18-4-10-22-11-5-18)7-1-12-24(16-21)20(28)6-14-26-13-2-9-23-26/h2,4-5,9-11,13H,1,3,6-8,12,14-17H2/t21-/m0/s1. The van der Waals surface area contributed by atoms with E-state index >= 15 is 0 Å². The van der Waals surface area contributed by atoms with Gasteiger partial charge in [-0.05, 0) is 43.0 Å². The number of amides is 2. The number of piperidine rings is 2. The first-order valence-corrected chi connectivity index (χ1v) is 10.1. The Morgan fingerprint density at radius 1 is 1.14 bits per heavy atom. The number of aryl methyl sites for hydroxylation is 1. The van der Waals surface area contributed by atoms with Gasteiger partial charge in [-0.2, -0.15) is 5.10 Å². The molecule has 28 heavy (non-hydrogen) atoms. The van der Waals surface area contributed by atoms with E-state index in [4.69, 9.17) is 0 Å². The molecule has 0 radical (unpaired) electrons. The maximum atomic E-state index is 12.8. The van der Waals surface area contributed by atoms with Gasteiger partial charge in [0.15, 0.2) is 0 Å². The summed E-state index contributed by atoms with van der Waals surface area (Å²) in [5.41, 5.74) is 1.13. The molecule has 4 rings (SSSR count). The molecule has 148 valence electrons. The molecule has 0 saturated carbocycles. The molecule has 1 spiro atoms. The zero-order valence-corrected chi connectivity index (χ0v) is 16.2. The number of carbonyl (C=O) groups is 2. The number of hydrogen-bond acceptors (Lipinski definition) is 4. The van der Waals surface area contributed by atoms with Crippen molar-refractivity contribution in [2.75, 3.05) is 19.6 Å². The van der Waals surface area contributed by atoms with Crippen LogP contribution in [0.4, 0.5) is 0 Å². The molecule has 0 unspecified atom stereocenters. The van der Waals surface area contributed by atoms with Gasteiger partial charge in [0.05, 0.1) is 0 Å². The summed E-state index contributed by atoms with van der Waals surface area (Å²) in [6.45, 7) is 3.54. The van der Waals surface area contributed by atoms with Crippen LogP contribution in [0.2, 0.25) is 0 Å². The quantitative estimate of drug-likeness (QED) is 0.795. The third-order valence-electron chi connectivity index (χ3n) is 6.00. The monoisotopic (exact) mass is 381 g/mol. The Morgan fingerprint density at radius 2 is 2.00 bits per heavy atom. The van der Waals surface area contributed by atoms with Crippen LogP contribution in [-0.4, -0.2) is 56.0 Å². The Kier molecular flexibility index (Phi) is 5.41. The van der Waals surface area contributed by atoms with Crippen LogP contribution < -0.4 is 0 Å². The smallest absolute Gasteiger partial charge is 0.224 e.